The zero-order valence-electron chi connectivity index (χ0n) is 15.3. The molecule has 6 N–H and O–H groups in total. The highest BCUT2D eigenvalue weighted by Gasteiger charge is 2.45. The molecule has 0 bridgehead atoms. The predicted octanol–water partition coefficient (Wildman–Crippen LogP) is 3.30. The molecule has 1 aromatic heterocycles. The number of benzene rings is 1. The molecule has 0 aliphatic heterocycles. The van der Waals surface area contributed by atoms with Gasteiger partial charge in [-0.1, -0.05) is 12.1 Å². The minimum atomic E-state index is -3.04. The molecule has 1 heterocycles. The molecule has 9 heteroatoms. The number of alkyl halides is 2. The number of primary amides is 1. The average Bonchev–Trinajstić information content (AvgIpc) is 2.61. The Hall–Kier alpha value is -2.81. The Morgan fingerprint density at radius 3 is 2.71 bits per heavy atom. The van der Waals surface area contributed by atoms with Gasteiger partial charge in [0.15, 0.2) is 11.6 Å². The lowest BCUT2D eigenvalue weighted by molar-refractivity contribution is -0.0555. The number of aryl methyl sites for hydroxylation is 1. The van der Waals surface area contributed by atoms with Crippen LogP contribution in [0.2, 0.25) is 0 Å². The highest BCUT2D eigenvalue weighted by atomic mass is 19.3. The standard InChI is InChI=1S/C19H22F3N5O/c1-10-4-2-5-11(8-10)25-17-12(16(24)28)9-13(20)18(27-17)26-14-6-3-7-19(21,22)15(14)23/h2,4-5,8-9,14-15H,3,6-7,23H2,1H3,(H2,24,28)(H2,25,26,27). The molecule has 2 unspecified atom stereocenters. The van der Waals surface area contributed by atoms with E-state index in [0.717, 1.165) is 11.6 Å². The Labute approximate surface area is 160 Å². The number of anilines is 3. The molecule has 150 valence electrons. The third kappa shape index (κ3) is 4.19. The molecule has 0 saturated heterocycles. The van der Waals surface area contributed by atoms with Gasteiger partial charge in [-0.05, 0) is 43.5 Å². The van der Waals surface area contributed by atoms with Crippen molar-refractivity contribution >= 4 is 23.2 Å². The van der Waals surface area contributed by atoms with Gasteiger partial charge in [-0.15, -0.1) is 0 Å². The van der Waals surface area contributed by atoms with Gasteiger partial charge in [0.05, 0.1) is 11.6 Å². The number of halogens is 3. The number of nitrogens with zero attached hydrogens (tertiary/aromatic N) is 1. The van der Waals surface area contributed by atoms with Crippen molar-refractivity contribution in [2.24, 2.45) is 11.5 Å². The summed E-state index contributed by atoms with van der Waals surface area (Å²) >= 11 is 0. The maximum Gasteiger partial charge on any atom is 0.264 e. The lowest BCUT2D eigenvalue weighted by atomic mass is 9.87. The van der Waals surface area contributed by atoms with Crippen LogP contribution in [0.1, 0.15) is 35.2 Å². The second-order valence-corrected chi connectivity index (χ2v) is 7.00. The van der Waals surface area contributed by atoms with Crippen LogP contribution < -0.4 is 22.1 Å². The summed E-state index contributed by atoms with van der Waals surface area (Å²) in [5, 5.41) is 5.60. The molecule has 0 spiro atoms. The number of rotatable bonds is 5. The van der Waals surface area contributed by atoms with Gasteiger partial charge in [-0.3, -0.25) is 4.79 Å². The van der Waals surface area contributed by atoms with E-state index in [-0.39, 0.29) is 30.0 Å². The van der Waals surface area contributed by atoms with E-state index in [1.165, 1.54) is 0 Å². The molecule has 28 heavy (non-hydrogen) atoms. The first kappa shape index (κ1) is 19.9. The smallest absolute Gasteiger partial charge is 0.264 e. The van der Waals surface area contributed by atoms with Gasteiger partial charge in [-0.2, -0.15) is 0 Å². The summed E-state index contributed by atoms with van der Waals surface area (Å²) in [6, 6.07) is 5.85. The average molecular weight is 393 g/mol. The summed E-state index contributed by atoms with van der Waals surface area (Å²) in [7, 11) is 0. The van der Waals surface area contributed by atoms with Gasteiger partial charge in [0.25, 0.3) is 11.8 Å². The van der Waals surface area contributed by atoms with Crippen molar-refractivity contribution in [3.63, 3.8) is 0 Å². The van der Waals surface area contributed by atoms with Crippen molar-refractivity contribution in [2.75, 3.05) is 10.6 Å². The maximum atomic E-state index is 14.5. The quantitative estimate of drug-likeness (QED) is 0.624. The summed E-state index contributed by atoms with van der Waals surface area (Å²) in [5.41, 5.74) is 12.4. The van der Waals surface area contributed by atoms with E-state index in [4.69, 9.17) is 11.5 Å². The van der Waals surface area contributed by atoms with Crippen molar-refractivity contribution in [1.82, 2.24) is 4.98 Å². The summed E-state index contributed by atoms with van der Waals surface area (Å²) in [6.07, 6.45) is 0.312. The van der Waals surface area contributed by atoms with Crippen molar-refractivity contribution < 1.29 is 18.0 Å². The second-order valence-electron chi connectivity index (χ2n) is 7.00. The summed E-state index contributed by atoms with van der Waals surface area (Å²) in [6.45, 7) is 1.88. The van der Waals surface area contributed by atoms with E-state index >= 15 is 0 Å². The van der Waals surface area contributed by atoms with E-state index in [9.17, 15) is 18.0 Å². The van der Waals surface area contributed by atoms with E-state index in [0.29, 0.717) is 12.1 Å². The fourth-order valence-corrected chi connectivity index (χ4v) is 3.27. The Bertz CT molecular complexity index is 890. The lowest BCUT2D eigenvalue weighted by Crippen LogP contribution is -2.55. The highest BCUT2D eigenvalue weighted by Crippen LogP contribution is 2.34. The van der Waals surface area contributed by atoms with Crippen LogP contribution in [0.5, 0.6) is 0 Å². The van der Waals surface area contributed by atoms with Crippen LogP contribution in [0.25, 0.3) is 0 Å². The number of nitrogens with two attached hydrogens (primary N) is 2. The Balaban J connectivity index is 1.93. The van der Waals surface area contributed by atoms with Crippen LogP contribution in [0, 0.1) is 12.7 Å². The number of aromatic nitrogens is 1. The van der Waals surface area contributed by atoms with Crippen molar-refractivity contribution in [1.29, 1.82) is 0 Å². The highest BCUT2D eigenvalue weighted by molar-refractivity contribution is 5.98. The zero-order chi connectivity index (χ0) is 20.5. The molecular weight excluding hydrogens is 371 g/mol. The topological polar surface area (TPSA) is 106 Å². The number of amides is 1. The summed E-state index contributed by atoms with van der Waals surface area (Å²) in [4.78, 5) is 15.8. The minimum absolute atomic E-state index is 0.0261. The van der Waals surface area contributed by atoms with Crippen molar-refractivity contribution in [2.45, 2.75) is 44.2 Å². The molecule has 1 fully saturated rings. The summed E-state index contributed by atoms with van der Waals surface area (Å²) in [5.74, 6) is -5.02. The van der Waals surface area contributed by atoms with Crippen molar-refractivity contribution in [3.05, 3.63) is 47.3 Å². The van der Waals surface area contributed by atoms with Crippen LogP contribution in [0.3, 0.4) is 0 Å². The molecule has 1 aliphatic rings. The molecule has 1 aromatic carbocycles. The Morgan fingerprint density at radius 2 is 2.04 bits per heavy atom. The van der Waals surface area contributed by atoms with Crippen LogP contribution in [-0.4, -0.2) is 28.9 Å². The van der Waals surface area contributed by atoms with E-state index in [1.807, 2.05) is 13.0 Å². The molecule has 1 saturated carbocycles. The number of nitrogens with one attached hydrogen (secondary N) is 2. The van der Waals surface area contributed by atoms with E-state index in [2.05, 4.69) is 15.6 Å². The number of hydrogen-bond acceptors (Lipinski definition) is 5. The number of hydrogen-bond donors (Lipinski definition) is 4. The first-order valence-electron chi connectivity index (χ1n) is 8.91. The molecule has 2 aromatic rings. The molecule has 2 atom stereocenters. The summed E-state index contributed by atoms with van der Waals surface area (Å²) < 4.78 is 42.2. The molecule has 1 amide bonds. The number of pyridine rings is 1. The van der Waals surface area contributed by atoms with Gasteiger partial charge in [0.1, 0.15) is 5.82 Å². The fraction of sp³-hybridized carbons (Fsp3) is 0.368. The largest absolute Gasteiger partial charge is 0.365 e. The molecule has 1 aliphatic carbocycles. The Morgan fingerprint density at radius 1 is 1.29 bits per heavy atom. The van der Waals surface area contributed by atoms with Gasteiger partial charge in [0, 0.05) is 18.2 Å². The molecule has 0 radical (unpaired) electrons. The van der Waals surface area contributed by atoms with Crippen LogP contribution in [0.4, 0.5) is 30.5 Å². The zero-order valence-corrected chi connectivity index (χ0v) is 15.3. The monoisotopic (exact) mass is 393 g/mol. The first-order chi connectivity index (χ1) is 13.2. The first-order valence-corrected chi connectivity index (χ1v) is 8.91. The molecular formula is C19H22F3N5O. The Kier molecular flexibility index (Phi) is 5.46. The lowest BCUT2D eigenvalue weighted by Gasteiger charge is -2.36. The number of carbonyl (C=O) groups is 1. The van der Waals surface area contributed by atoms with Crippen LogP contribution in [0.15, 0.2) is 30.3 Å². The SMILES string of the molecule is Cc1cccc(Nc2nc(NC3CCCC(F)(F)C3N)c(F)cc2C(N)=O)c1. The third-order valence-corrected chi connectivity index (χ3v) is 4.79. The number of carbonyl (C=O) groups excluding carboxylic acids is 1. The van der Waals surface area contributed by atoms with Gasteiger partial charge >= 0.3 is 0 Å². The minimum Gasteiger partial charge on any atom is -0.365 e. The molecule has 6 nitrogen and oxygen atoms in total. The third-order valence-electron chi connectivity index (χ3n) is 4.79. The van der Waals surface area contributed by atoms with Crippen LogP contribution in [-0.2, 0) is 0 Å². The van der Waals surface area contributed by atoms with Gasteiger partial charge < -0.3 is 22.1 Å². The van der Waals surface area contributed by atoms with E-state index in [1.54, 1.807) is 18.2 Å². The maximum absolute atomic E-state index is 14.5. The normalized spacial score (nSPS) is 21.2. The second kappa shape index (κ2) is 7.67. The predicted molar refractivity (Wildman–Crippen MR) is 101 cm³/mol. The molecule has 3 rings (SSSR count). The fourth-order valence-electron chi connectivity index (χ4n) is 3.27. The van der Waals surface area contributed by atoms with E-state index < -0.39 is 29.7 Å². The van der Waals surface area contributed by atoms with Crippen LogP contribution >= 0.6 is 0 Å². The van der Waals surface area contributed by atoms with Gasteiger partial charge in [-0.25, -0.2) is 18.2 Å². The van der Waals surface area contributed by atoms with Crippen molar-refractivity contribution in [3.8, 4) is 0 Å². The van der Waals surface area contributed by atoms with Gasteiger partial charge in [0.2, 0.25) is 0 Å².